The number of hydrogen-bond donors (Lipinski definition) is 2. The van der Waals surface area contributed by atoms with E-state index in [9.17, 15) is 13.2 Å². The molecule has 10 heteroatoms. The minimum atomic E-state index is -3.97. The Labute approximate surface area is 212 Å². The number of carbonyl (C=O) groups excluding carboxylic acids is 1. The van der Waals surface area contributed by atoms with Gasteiger partial charge in [-0.25, -0.2) is 8.42 Å². The number of rotatable bonds is 9. The van der Waals surface area contributed by atoms with Crippen LogP contribution in [0.2, 0.25) is 15.1 Å². The fourth-order valence-electron chi connectivity index (χ4n) is 2.93. The van der Waals surface area contributed by atoms with Crippen molar-refractivity contribution in [3.8, 4) is 0 Å². The van der Waals surface area contributed by atoms with E-state index in [1.807, 2.05) is 19.1 Å². The molecule has 2 N–H and O–H groups in total. The lowest BCUT2D eigenvalue weighted by atomic mass is 10.2. The molecule has 174 valence electrons. The Morgan fingerprint density at radius 3 is 2.48 bits per heavy atom. The molecule has 0 aliphatic heterocycles. The van der Waals surface area contributed by atoms with E-state index >= 15 is 0 Å². The maximum absolute atomic E-state index is 12.8. The van der Waals surface area contributed by atoms with Crippen LogP contribution in [0, 0.1) is 6.92 Å². The van der Waals surface area contributed by atoms with Crippen molar-refractivity contribution in [2.45, 2.75) is 17.6 Å². The molecule has 0 saturated carbocycles. The summed E-state index contributed by atoms with van der Waals surface area (Å²) in [5.74, 6) is 0.946. The average Bonchev–Trinajstić information content (AvgIpc) is 2.74. The van der Waals surface area contributed by atoms with Gasteiger partial charge in [-0.15, -0.1) is 0 Å². The van der Waals surface area contributed by atoms with Crippen LogP contribution in [0.4, 0.5) is 5.69 Å². The molecule has 0 spiro atoms. The third-order valence-corrected chi connectivity index (χ3v) is 8.02. The Balaban J connectivity index is 1.59. The smallest absolute Gasteiger partial charge is 0.263 e. The molecule has 0 aliphatic rings. The van der Waals surface area contributed by atoms with Crippen LogP contribution >= 0.6 is 46.6 Å². The monoisotopic (exact) mass is 542 g/mol. The number of hydrogen-bond acceptors (Lipinski definition) is 4. The Bertz CT molecular complexity index is 1270. The standard InChI is InChI=1S/C23H21Cl3N2O3S2/c1-15-3-2-4-19(11-15)28-33(30,31)22-12-16(6-8-20(22)25)23(29)27-9-10-32-14-17-5-7-18(24)13-21(17)26/h2-8,11-13,28H,9-10,14H2,1H3,(H,27,29). The van der Waals surface area contributed by atoms with Gasteiger partial charge in [-0.05, 0) is 60.5 Å². The number of carbonyl (C=O) groups is 1. The molecule has 3 aromatic rings. The van der Waals surface area contributed by atoms with Crippen LogP contribution in [0.15, 0.2) is 65.6 Å². The molecule has 0 atom stereocenters. The van der Waals surface area contributed by atoms with Gasteiger partial charge in [0.1, 0.15) is 4.90 Å². The van der Waals surface area contributed by atoms with E-state index in [0.717, 1.165) is 11.1 Å². The van der Waals surface area contributed by atoms with Crippen LogP contribution in [0.3, 0.4) is 0 Å². The van der Waals surface area contributed by atoms with Crippen molar-refractivity contribution in [3.05, 3.63) is 92.4 Å². The maximum Gasteiger partial charge on any atom is 0.263 e. The van der Waals surface area contributed by atoms with E-state index in [1.54, 1.807) is 42.1 Å². The number of anilines is 1. The number of halogens is 3. The summed E-state index contributed by atoms with van der Waals surface area (Å²) in [5.41, 5.74) is 2.49. The topological polar surface area (TPSA) is 75.3 Å². The molecular formula is C23H21Cl3N2O3S2. The van der Waals surface area contributed by atoms with Crippen LogP contribution in [0.1, 0.15) is 21.5 Å². The fourth-order valence-corrected chi connectivity index (χ4v) is 5.92. The third kappa shape index (κ3) is 7.29. The quantitative estimate of drug-likeness (QED) is 0.305. The van der Waals surface area contributed by atoms with Crippen LogP contribution in [-0.2, 0) is 15.8 Å². The van der Waals surface area contributed by atoms with Gasteiger partial charge in [0, 0.05) is 39.3 Å². The van der Waals surface area contributed by atoms with Gasteiger partial charge in [-0.3, -0.25) is 9.52 Å². The van der Waals surface area contributed by atoms with Gasteiger partial charge in [0.2, 0.25) is 0 Å². The Kier molecular flexibility index (Phi) is 8.95. The minimum absolute atomic E-state index is 0.0297. The molecule has 0 aromatic heterocycles. The van der Waals surface area contributed by atoms with E-state index < -0.39 is 10.0 Å². The van der Waals surface area contributed by atoms with Gasteiger partial charge < -0.3 is 5.32 Å². The highest BCUT2D eigenvalue weighted by Gasteiger charge is 2.20. The second-order valence-corrected chi connectivity index (χ2v) is 11.2. The highest BCUT2D eigenvalue weighted by molar-refractivity contribution is 7.98. The van der Waals surface area contributed by atoms with Gasteiger partial charge in [0.05, 0.1) is 5.02 Å². The Morgan fingerprint density at radius 1 is 0.970 bits per heavy atom. The van der Waals surface area contributed by atoms with E-state index in [1.165, 1.54) is 18.2 Å². The summed E-state index contributed by atoms with van der Waals surface area (Å²) < 4.78 is 28.2. The number of sulfonamides is 1. The van der Waals surface area contributed by atoms with Gasteiger partial charge in [0.25, 0.3) is 15.9 Å². The second kappa shape index (κ2) is 11.5. The first-order valence-electron chi connectivity index (χ1n) is 9.84. The number of amides is 1. The summed E-state index contributed by atoms with van der Waals surface area (Å²) in [5, 5.41) is 4.01. The molecule has 3 aromatic carbocycles. The van der Waals surface area contributed by atoms with Crippen molar-refractivity contribution in [2.75, 3.05) is 17.0 Å². The lowest BCUT2D eigenvalue weighted by molar-refractivity contribution is 0.0956. The number of nitrogens with one attached hydrogen (secondary N) is 2. The van der Waals surface area contributed by atoms with Crippen LogP contribution in [-0.4, -0.2) is 26.6 Å². The zero-order chi connectivity index (χ0) is 24.0. The molecule has 3 rings (SSSR count). The molecule has 0 bridgehead atoms. The Morgan fingerprint density at radius 2 is 1.76 bits per heavy atom. The zero-order valence-corrected chi connectivity index (χ0v) is 21.5. The SMILES string of the molecule is Cc1cccc(NS(=O)(=O)c2cc(C(=O)NCCSCc3ccc(Cl)cc3Cl)ccc2Cl)c1. The van der Waals surface area contributed by atoms with Gasteiger partial charge in [-0.2, -0.15) is 11.8 Å². The fraction of sp³-hybridized carbons (Fsp3) is 0.174. The lowest BCUT2D eigenvalue weighted by Crippen LogP contribution is -2.26. The molecule has 0 heterocycles. The molecule has 33 heavy (non-hydrogen) atoms. The highest BCUT2D eigenvalue weighted by atomic mass is 35.5. The van der Waals surface area contributed by atoms with E-state index in [2.05, 4.69) is 10.0 Å². The van der Waals surface area contributed by atoms with Gasteiger partial charge in [-0.1, -0.05) is 53.0 Å². The molecule has 0 aliphatic carbocycles. The summed E-state index contributed by atoms with van der Waals surface area (Å²) >= 11 is 19.8. The van der Waals surface area contributed by atoms with E-state index in [4.69, 9.17) is 34.8 Å². The number of benzene rings is 3. The average molecular weight is 544 g/mol. The van der Waals surface area contributed by atoms with Crippen molar-refractivity contribution >= 4 is 68.2 Å². The van der Waals surface area contributed by atoms with Crippen molar-refractivity contribution in [1.29, 1.82) is 0 Å². The highest BCUT2D eigenvalue weighted by Crippen LogP contribution is 2.26. The molecular weight excluding hydrogens is 523 g/mol. The van der Waals surface area contributed by atoms with Crippen molar-refractivity contribution in [3.63, 3.8) is 0 Å². The predicted molar refractivity (Wildman–Crippen MR) is 138 cm³/mol. The summed E-state index contributed by atoms with van der Waals surface area (Å²) in [6.07, 6.45) is 0. The summed E-state index contributed by atoms with van der Waals surface area (Å²) in [4.78, 5) is 12.4. The van der Waals surface area contributed by atoms with E-state index in [-0.39, 0.29) is 21.4 Å². The van der Waals surface area contributed by atoms with Crippen molar-refractivity contribution < 1.29 is 13.2 Å². The molecule has 1 amide bonds. The van der Waals surface area contributed by atoms with Crippen LogP contribution < -0.4 is 10.0 Å². The molecule has 0 unspecified atom stereocenters. The number of thioether (sulfide) groups is 1. The summed E-state index contributed by atoms with van der Waals surface area (Å²) in [6, 6.07) is 16.5. The first kappa shape index (κ1) is 25.7. The largest absolute Gasteiger partial charge is 0.351 e. The van der Waals surface area contributed by atoms with Crippen LogP contribution in [0.5, 0.6) is 0 Å². The third-order valence-electron chi connectivity index (χ3n) is 4.56. The number of aryl methyl sites for hydroxylation is 1. The molecule has 0 saturated heterocycles. The molecule has 5 nitrogen and oxygen atoms in total. The lowest BCUT2D eigenvalue weighted by Gasteiger charge is -2.12. The predicted octanol–water partition coefficient (Wildman–Crippen LogP) is 6.42. The Hall–Kier alpha value is -1.90. The first-order valence-corrected chi connectivity index (χ1v) is 13.6. The summed E-state index contributed by atoms with van der Waals surface area (Å²) in [7, 11) is -3.97. The molecule has 0 fully saturated rings. The van der Waals surface area contributed by atoms with Crippen molar-refractivity contribution in [2.24, 2.45) is 0 Å². The van der Waals surface area contributed by atoms with Gasteiger partial charge >= 0.3 is 0 Å². The normalized spacial score (nSPS) is 11.3. The van der Waals surface area contributed by atoms with E-state index in [0.29, 0.717) is 33.8 Å². The van der Waals surface area contributed by atoms with Crippen molar-refractivity contribution in [1.82, 2.24) is 5.32 Å². The first-order chi connectivity index (χ1) is 15.7. The second-order valence-electron chi connectivity index (χ2n) is 7.16. The van der Waals surface area contributed by atoms with Crippen LogP contribution in [0.25, 0.3) is 0 Å². The maximum atomic E-state index is 12.8. The summed E-state index contributed by atoms with van der Waals surface area (Å²) in [6.45, 7) is 2.26. The van der Waals surface area contributed by atoms with Gasteiger partial charge in [0.15, 0.2) is 0 Å². The molecule has 0 radical (unpaired) electrons. The zero-order valence-electron chi connectivity index (χ0n) is 17.6. The minimum Gasteiger partial charge on any atom is -0.351 e.